The Labute approximate surface area is 132 Å². The number of hydrogen-bond donors (Lipinski definition) is 1. The summed E-state index contributed by atoms with van der Waals surface area (Å²) in [6, 6.07) is 8.13. The van der Waals surface area contributed by atoms with Gasteiger partial charge in [-0.25, -0.2) is 0 Å². The van der Waals surface area contributed by atoms with Gasteiger partial charge in [-0.1, -0.05) is 18.2 Å². The fourth-order valence-electron chi connectivity index (χ4n) is 3.12. The molecule has 2 aliphatic rings. The molecular weight excluding hydrogens is 288 g/mol. The summed E-state index contributed by atoms with van der Waals surface area (Å²) < 4.78 is 5.33. The smallest absolute Gasteiger partial charge is 0.254 e. The summed E-state index contributed by atoms with van der Waals surface area (Å²) in [5.41, 5.74) is 2.12. The van der Waals surface area contributed by atoms with Gasteiger partial charge < -0.3 is 15.0 Å². The van der Waals surface area contributed by atoms with Gasteiger partial charge in [0.15, 0.2) is 0 Å². The monoisotopic (exact) mass is 310 g/mol. The Kier molecular flexibility index (Phi) is 6.03. The van der Waals surface area contributed by atoms with Crippen molar-refractivity contribution < 1.29 is 9.53 Å². The van der Waals surface area contributed by atoms with Gasteiger partial charge in [0.2, 0.25) is 0 Å². The Hall–Kier alpha value is -1.10. The van der Waals surface area contributed by atoms with Crippen LogP contribution in [0.5, 0.6) is 0 Å². The van der Waals surface area contributed by atoms with E-state index in [9.17, 15) is 4.79 Å². The molecule has 1 aromatic carbocycles. The molecule has 0 bridgehead atoms. The van der Waals surface area contributed by atoms with E-state index in [1.807, 2.05) is 23.1 Å². The van der Waals surface area contributed by atoms with Gasteiger partial charge in [0.1, 0.15) is 0 Å². The van der Waals surface area contributed by atoms with Gasteiger partial charge in [-0.05, 0) is 43.5 Å². The third-order valence-electron chi connectivity index (χ3n) is 4.27. The Bertz CT molecular complexity index is 469. The lowest BCUT2D eigenvalue weighted by Gasteiger charge is -2.29. The number of amides is 1. The molecule has 3 rings (SSSR count). The fraction of sp³-hybridized carbons (Fsp3) is 0.562. The highest BCUT2D eigenvalue weighted by Crippen LogP contribution is 2.28. The summed E-state index contributed by atoms with van der Waals surface area (Å²) in [7, 11) is 0. The molecule has 0 aliphatic carbocycles. The van der Waals surface area contributed by atoms with Gasteiger partial charge in [0.25, 0.3) is 5.91 Å². The number of morpholine rings is 1. The number of carbonyl (C=O) groups excluding carboxylic acids is 1. The maximum absolute atomic E-state index is 12.7. The molecular formula is C16H23ClN2O2. The fourth-order valence-corrected chi connectivity index (χ4v) is 3.12. The number of ether oxygens (including phenoxy) is 1. The van der Waals surface area contributed by atoms with E-state index in [1.165, 1.54) is 5.56 Å². The summed E-state index contributed by atoms with van der Waals surface area (Å²) in [5, 5.41) is 3.38. The van der Waals surface area contributed by atoms with Gasteiger partial charge in [0.05, 0.1) is 13.2 Å². The number of halogens is 1. The number of piperidine rings is 1. The first-order valence-electron chi connectivity index (χ1n) is 7.53. The second-order valence-electron chi connectivity index (χ2n) is 5.52. The lowest BCUT2D eigenvalue weighted by Crippen LogP contribution is -2.41. The van der Waals surface area contributed by atoms with Gasteiger partial charge in [-0.3, -0.25) is 4.79 Å². The summed E-state index contributed by atoms with van der Waals surface area (Å²) in [4.78, 5) is 14.6. The molecule has 116 valence electrons. The van der Waals surface area contributed by atoms with E-state index < -0.39 is 0 Å². The van der Waals surface area contributed by atoms with Gasteiger partial charge in [0, 0.05) is 18.7 Å². The first kappa shape index (κ1) is 16.3. The number of carbonyl (C=O) groups is 1. The first-order valence-corrected chi connectivity index (χ1v) is 7.53. The minimum absolute atomic E-state index is 0. The van der Waals surface area contributed by atoms with Gasteiger partial charge in [-0.15, -0.1) is 12.4 Å². The van der Waals surface area contributed by atoms with E-state index >= 15 is 0 Å². The molecule has 0 saturated carbocycles. The molecule has 5 heteroatoms. The van der Waals surface area contributed by atoms with Crippen LogP contribution in [0.25, 0.3) is 0 Å². The lowest BCUT2D eigenvalue weighted by atomic mass is 9.86. The van der Waals surface area contributed by atoms with E-state index in [1.54, 1.807) is 0 Å². The molecule has 4 nitrogen and oxygen atoms in total. The highest BCUT2D eigenvalue weighted by Gasteiger charge is 2.24. The van der Waals surface area contributed by atoms with Crippen molar-refractivity contribution in [1.29, 1.82) is 0 Å². The molecule has 1 aromatic rings. The van der Waals surface area contributed by atoms with Crippen molar-refractivity contribution in [2.75, 3.05) is 39.4 Å². The average Bonchev–Trinajstić information content (AvgIpc) is 2.56. The molecule has 2 saturated heterocycles. The van der Waals surface area contributed by atoms with Crippen LogP contribution in [0.1, 0.15) is 34.7 Å². The number of benzene rings is 1. The van der Waals surface area contributed by atoms with E-state index in [-0.39, 0.29) is 18.3 Å². The highest BCUT2D eigenvalue weighted by atomic mass is 35.5. The number of rotatable bonds is 2. The molecule has 1 N–H and O–H groups in total. The second-order valence-corrected chi connectivity index (χ2v) is 5.52. The quantitative estimate of drug-likeness (QED) is 0.909. The van der Waals surface area contributed by atoms with Crippen molar-refractivity contribution in [2.24, 2.45) is 0 Å². The number of nitrogens with zero attached hydrogens (tertiary/aromatic N) is 1. The summed E-state index contributed by atoms with van der Waals surface area (Å²) in [6.07, 6.45) is 2.24. The van der Waals surface area contributed by atoms with Crippen LogP contribution in [0.2, 0.25) is 0 Å². The normalized spacial score (nSPS) is 19.9. The molecule has 2 heterocycles. The van der Waals surface area contributed by atoms with Crippen LogP contribution in [0, 0.1) is 0 Å². The van der Waals surface area contributed by atoms with Crippen LogP contribution in [0.15, 0.2) is 24.3 Å². The SMILES string of the molecule is Cl.O=C(c1ccccc1C1CCNCC1)N1CCOCC1. The molecule has 1 amide bonds. The predicted molar refractivity (Wildman–Crippen MR) is 85.3 cm³/mol. The van der Waals surface area contributed by atoms with Crippen molar-refractivity contribution in [1.82, 2.24) is 10.2 Å². The first-order chi connectivity index (χ1) is 9.86. The number of hydrogen-bond acceptors (Lipinski definition) is 3. The highest BCUT2D eigenvalue weighted by molar-refractivity contribution is 5.96. The van der Waals surface area contributed by atoms with Crippen molar-refractivity contribution >= 4 is 18.3 Å². The number of nitrogens with one attached hydrogen (secondary N) is 1. The lowest BCUT2D eigenvalue weighted by molar-refractivity contribution is 0.0301. The molecule has 0 radical (unpaired) electrons. The van der Waals surface area contributed by atoms with Crippen LogP contribution >= 0.6 is 12.4 Å². The molecule has 0 unspecified atom stereocenters. The van der Waals surface area contributed by atoms with E-state index in [0.29, 0.717) is 32.2 Å². The molecule has 2 aliphatic heterocycles. The molecule has 2 fully saturated rings. The third-order valence-corrected chi connectivity index (χ3v) is 4.27. The van der Waals surface area contributed by atoms with Crippen LogP contribution in [0.3, 0.4) is 0 Å². The maximum atomic E-state index is 12.7. The standard InChI is InChI=1S/C16H22N2O2.ClH/c19-16(18-9-11-20-12-10-18)15-4-2-1-3-14(15)13-5-7-17-8-6-13;/h1-4,13,17H,5-12H2;1H. The zero-order chi connectivity index (χ0) is 13.8. The average molecular weight is 311 g/mol. The minimum atomic E-state index is 0. The Morgan fingerprint density at radius 3 is 2.52 bits per heavy atom. The van der Waals surface area contributed by atoms with Crippen molar-refractivity contribution in [3.63, 3.8) is 0 Å². The molecule has 0 atom stereocenters. The third kappa shape index (κ3) is 3.76. The summed E-state index contributed by atoms with van der Waals surface area (Å²) in [6.45, 7) is 4.82. The minimum Gasteiger partial charge on any atom is -0.378 e. The van der Waals surface area contributed by atoms with Crippen LogP contribution in [-0.4, -0.2) is 50.2 Å². The van der Waals surface area contributed by atoms with Crippen LogP contribution < -0.4 is 5.32 Å². The van der Waals surface area contributed by atoms with Crippen molar-refractivity contribution in [3.05, 3.63) is 35.4 Å². The van der Waals surface area contributed by atoms with Crippen molar-refractivity contribution in [2.45, 2.75) is 18.8 Å². The largest absolute Gasteiger partial charge is 0.378 e. The van der Waals surface area contributed by atoms with Gasteiger partial charge in [-0.2, -0.15) is 0 Å². The maximum Gasteiger partial charge on any atom is 0.254 e. The summed E-state index contributed by atoms with van der Waals surface area (Å²) >= 11 is 0. The summed E-state index contributed by atoms with van der Waals surface area (Å²) in [5.74, 6) is 0.680. The van der Waals surface area contributed by atoms with Crippen LogP contribution in [0.4, 0.5) is 0 Å². The van der Waals surface area contributed by atoms with E-state index in [4.69, 9.17) is 4.74 Å². The zero-order valence-corrected chi connectivity index (χ0v) is 13.0. The van der Waals surface area contributed by atoms with Crippen LogP contribution in [-0.2, 0) is 4.74 Å². The Morgan fingerprint density at radius 2 is 1.81 bits per heavy atom. The van der Waals surface area contributed by atoms with Gasteiger partial charge >= 0.3 is 0 Å². The Morgan fingerprint density at radius 1 is 1.14 bits per heavy atom. The molecule has 0 aromatic heterocycles. The van der Waals surface area contributed by atoms with E-state index in [2.05, 4.69) is 11.4 Å². The van der Waals surface area contributed by atoms with Crippen molar-refractivity contribution in [3.8, 4) is 0 Å². The molecule has 0 spiro atoms. The second kappa shape index (κ2) is 7.78. The molecule has 21 heavy (non-hydrogen) atoms. The zero-order valence-electron chi connectivity index (χ0n) is 12.2. The topological polar surface area (TPSA) is 41.6 Å². The van der Waals surface area contributed by atoms with E-state index in [0.717, 1.165) is 31.5 Å². The Balaban J connectivity index is 0.00000161. The predicted octanol–water partition coefficient (Wildman–Crippen LogP) is 2.05.